The van der Waals surface area contributed by atoms with E-state index in [0.29, 0.717) is 27.7 Å². The van der Waals surface area contributed by atoms with Crippen molar-refractivity contribution in [2.45, 2.75) is 6.92 Å². The van der Waals surface area contributed by atoms with Crippen LogP contribution in [0.1, 0.15) is 11.1 Å². The lowest BCUT2D eigenvalue weighted by Gasteiger charge is -2.03. The Balaban J connectivity index is 2.13. The lowest BCUT2D eigenvalue weighted by molar-refractivity contribution is 0.432. The lowest BCUT2D eigenvalue weighted by Crippen LogP contribution is -1.84. The van der Waals surface area contributed by atoms with Crippen LogP contribution < -0.4 is 0 Å². The molecule has 26 heavy (non-hydrogen) atoms. The third-order valence-electron chi connectivity index (χ3n) is 4.18. The summed E-state index contributed by atoms with van der Waals surface area (Å²) < 4.78 is 25.3. The summed E-state index contributed by atoms with van der Waals surface area (Å²) in [6.45, 7) is 1.77. The summed E-state index contributed by atoms with van der Waals surface area (Å²) >= 11 is 0. The highest BCUT2D eigenvalue weighted by Crippen LogP contribution is 2.44. The van der Waals surface area contributed by atoms with Gasteiger partial charge in [-0.3, -0.25) is 0 Å². The quantitative estimate of drug-likeness (QED) is 0.526. The molecule has 2 aromatic heterocycles. The van der Waals surface area contributed by atoms with Gasteiger partial charge in [-0.05, 0) is 48.9 Å². The van der Waals surface area contributed by atoms with E-state index in [9.17, 15) is 19.9 Å². The molecule has 0 radical (unpaired) electrons. The molecule has 2 N–H and O–H groups in total. The number of nitrogens with zero attached hydrogens (tertiary/aromatic N) is 1. The third-order valence-corrected chi connectivity index (χ3v) is 4.18. The van der Waals surface area contributed by atoms with E-state index in [-0.39, 0.29) is 22.8 Å². The number of aryl methyl sites for hydroxylation is 1. The smallest absolute Gasteiger partial charge is 0.165 e. The zero-order valence-corrected chi connectivity index (χ0v) is 13.6. The highest BCUT2D eigenvalue weighted by Gasteiger charge is 2.24. The van der Waals surface area contributed by atoms with Gasteiger partial charge in [-0.2, -0.15) is 5.26 Å². The summed E-state index contributed by atoms with van der Waals surface area (Å²) in [5.74, 6) is -0.700. The number of halogens is 1. The second kappa shape index (κ2) is 5.67. The van der Waals surface area contributed by atoms with Gasteiger partial charge in [0.2, 0.25) is 0 Å². The Hall–Kier alpha value is -3.72. The first kappa shape index (κ1) is 15.8. The predicted molar refractivity (Wildman–Crippen MR) is 92.1 cm³/mol. The molecule has 4 rings (SSSR count). The number of phenols is 2. The van der Waals surface area contributed by atoms with E-state index in [4.69, 9.17) is 8.83 Å². The minimum absolute atomic E-state index is 0.0329. The molecule has 5 nitrogen and oxygen atoms in total. The molecule has 0 aliphatic carbocycles. The first-order chi connectivity index (χ1) is 12.5. The summed E-state index contributed by atoms with van der Waals surface area (Å²) in [6, 6.07) is 10.5. The Bertz CT molecular complexity index is 1200. The molecule has 2 heterocycles. The Kier molecular flexibility index (Phi) is 3.44. The van der Waals surface area contributed by atoms with Crippen molar-refractivity contribution in [1.29, 1.82) is 5.26 Å². The second-order valence-electron chi connectivity index (χ2n) is 5.89. The molecule has 0 saturated carbocycles. The highest BCUT2D eigenvalue weighted by atomic mass is 19.1. The van der Waals surface area contributed by atoms with Crippen LogP contribution in [0.4, 0.5) is 4.39 Å². The molecule has 0 saturated heterocycles. The van der Waals surface area contributed by atoms with E-state index < -0.39 is 11.6 Å². The van der Waals surface area contributed by atoms with Crippen LogP contribution in [0.2, 0.25) is 0 Å². The van der Waals surface area contributed by atoms with Gasteiger partial charge in [0.25, 0.3) is 0 Å². The fraction of sp³-hybridized carbons (Fsp3) is 0.0500. The van der Waals surface area contributed by atoms with Gasteiger partial charge in [-0.1, -0.05) is 0 Å². The molecule has 2 aromatic carbocycles. The molecule has 6 heteroatoms. The van der Waals surface area contributed by atoms with Crippen molar-refractivity contribution >= 4 is 11.0 Å². The lowest BCUT2D eigenvalue weighted by atomic mass is 10.00. The van der Waals surface area contributed by atoms with Crippen molar-refractivity contribution in [2.24, 2.45) is 0 Å². The Morgan fingerprint density at radius 2 is 1.88 bits per heavy atom. The van der Waals surface area contributed by atoms with Gasteiger partial charge in [-0.15, -0.1) is 0 Å². The second-order valence-corrected chi connectivity index (χ2v) is 5.89. The first-order valence-corrected chi connectivity index (χ1v) is 7.72. The normalized spacial score (nSPS) is 11.0. The standard InChI is InChI=1S/C20H12FNO4/c1-10-6-13(23)8-14-17(19-12(9-22)4-5-25-19)20(26-18(10)14)11-2-3-16(24)15(21)7-11/h2-8,23-24H,1H3. The molecule has 0 aliphatic rings. The molecule has 128 valence electrons. The van der Waals surface area contributed by atoms with Crippen molar-refractivity contribution < 1.29 is 23.4 Å². The number of fused-ring (bicyclic) bond motifs is 1. The number of phenolic OH excluding ortho intramolecular Hbond substituents is 2. The largest absolute Gasteiger partial charge is 0.508 e. The zero-order chi connectivity index (χ0) is 18.4. The van der Waals surface area contributed by atoms with Crippen LogP contribution in [-0.4, -0.2) is 10.2 Å². The fourth-order valence-corrected chi connectivity index (χ4v) is 3.02. The van der Waals surface area contributed by atoms with E-state index in [1.807, 2.05) is 6.07 Å². The predicted octanol–water partition coefficient (Wildman–Crippen LogP) is 5.09. The van der Waals surface area contributed by atoms with Crippen LogP contribution in [0.3, 0.4) is 0 Å². The Labute approximate surface area is 147 Å². The summed E-state index contributed by atoms with van der Waals surface area (Å²) in [6.07, 6.45) is 1.38. The SMILES string of the molecule is Cc1cc(O)cc2c(-c3occc3C#N)c(-c3ccc(O)c(F)c3)oc12. The maximum Gasteiger partial charge on any atom is 0.165 e. The Morgan fingerprint density at radius 1 is 1.08 bits per heavy atom. The van der Waals surface area contributed by atoms with E-state index in [1.165, 1.54) is 30.5 Å². The van der Waals surface area contributed by atoms with E-state index in [1.54, 1.807) is 13.0 Å². The van der Waals surface area contributed by atoms with Gasteiger partial charge in [0.15, 0.2) is 17.3 Å². The van der Waals surface area contributed by atoms with Gasteiger partial charge in [0.05, 0.1) is 17.4 Å². The molecule has 0 aliphatic heterocycles. The number of hydrogen-bond donors (Lipinski definition) is 2. The maximum absolute atomic E-state index is 13.9. The van der Waals surface area contributed by atoms with Crippen LogP contribution in [0.15, 0.2) is 51.5 Å². The minimum atomic E-state index is -0.798. The van der Waals surface area contributed by atoms with Crippen molar-refractivity contribution in [2.75, 3.05) is 0 Å². The number of benzene rings is 2. The molecule has 0 spiro atoms. The van der Waals surface area contributed by atoms with Crippen LogP contribution in [0.25, 0.3) is 33.6 Å². The van der Waals surface area contributed by atoms with Gasteiger partial charge in [0.1, 0.15) is 23.2 Å². The van der Waals surface area contributed by atoms with Gasteiger partial charge < -0.3 is 19.0 Å². The van der Waals surface area contributed by atoms with E-state index >= 15 is 0 Å². The van der Waals surface area contributed by atoms with Gasteiger partial charge in [0, 0.05) is 10.9 Å². The average Bonchev–Trinajstić information content (AvgIpc) is 3.21. The molecule has 0 fully saturated rings. The highest BCUT2D eigenvalue weighted by molar-refractivity contribution is 6.03. The van der Waals surface area contributed by atoms with Crippen molar-refractivity contribution in [1.82, 2.24) is 0 Å². The fourth-order valence-electron chi connectivity index (χ4n) is 3.02. The topological polar surface area (TPSA) is 90.5 Å². The van der Waals surface area contributed by atoms with Crippen LogP contribution in [0.5, 0.6) is 11.5 Å². The number of rotatable bonds is 2. The third kappa shape index (κ3) is 2.30. The van der Waals surface area contributed by atoms with Crippen molar-refractivity contribution in [3.63, 3.8) is 0 Å². The Morgan fingerprint density at radius 3 is 2.62 bits per heavy atom. The van der Waals surface area contributed by atoms with Crippen molar-refractivity contribution in [3.8, 4) is 40.2 Å². The molecule has 4 aromatic rings. The summed E-state index contributed by atoms with van der Waals surface area (Å²) in [5.41, 5.74) is 2.25. The first-order valence-electron chi connectivity index (χ1n) is 7.72. The van der Waals surface area contributed by atoms with E-state index in [0.717, 1.165) is 6.07 Å². The maximum atomic E-state index is 13.9. The minimum Gasteiger partial charge on any atom is -0.508 e. The van der Waals surface area contributed by atoms with Gasteiger partial charge >= 0.3 is 0 Å². The molecular weight excluding hydrogens is 337 g/mol. The molecule has 0 amide bonds. The van der Waals surface area contributed by atoms with Crippen LogP contribution in [-0.2, 0) is 0 Å². The van der Waals surface area contributed by atoms with Crippen molar-refractivity contribution in [3.05, 3.63) is 59.6 Å². The number of hydrogen-bond acceptors (Lipinski definition) is 5. The number of nitriles is 1. The zero-order valence-electron chi connectivity index (χ0n) is 13.6. The molecule has 0 unspecified atom stereocenters. The van der Waals surface area contributed by atoms with E-state index in [2.05, 4.69) is 0 Å². The van der Waals surface area contributed by atoms with Crippen LogP contribution in [0, 0.1) is 24.1 Å². The summed E-state index contributed by atoms with van der Waals surface area (Å²) in [7, 11) is 0. The summed E-state index contributed by atoms with van der Waals surface area (Å²) in [5, 5.41) is 29.3. The molecule has 0 atom stereocenters. The average molecular weight is 349 g/mol. The summed E-state index contributed by atoms with van der Waals surface area (Å²) in [4.78, 5) is 0. The molecule has 0 bridgehead atoms. The number of furan rings is 2. The van der Waals surface area contributed by atoms with Gasteiger partial charge in [-0.25, -0.2) is 4.39 Å². The number of aromatic hydroxyl groups is 2. The monoisotopic (exact) mass is 349 g/mol. The molecular formula is C20H12FNO4. The van der Waals surface area contributed by atoms with Crippen LogP contribution >= 0.6 is 0 Å².